The second-order valence-corrected chi connectivity index (χ2v) is 5.77. The minimum atomic E-state index is 0.670. The van der Waals surface area contributed by atoms with Crippen LogP contribution in [0.5, 0.6) is 11.5 Å². The summed E-state index contributed by atoms with van der Waals surface area (Å²) in [4.78, 5) is 0. The van der Waals surface area contributed by atoms with Crippen molar-refractivity contribution < 1.29 is 9.47 Å². The largest absolute Gasteiger partial charge is 0.497 e. The molecule has 0 saturated carbocycles. The zero-order valence-corrected chi connectivity index (χ0v) is 14.4. The zero-order valence-electron chi connectivity index (χ0n) is 14.4. The van der Waals surface area contributed by atoms with Crippen LogP contribution in [0.2, 0.25) is 0 Å². The Balaban J connectivity index is 1.56. The van der Waals surface area contributed by atoms with Gasteiger partial charge in [0.15, 0.2) is 0 Å². The number of rotatable bonds is 8. The van der Waals surface area contributed by atoms with Gasteiger partial charge in [0.05, 0.1) is 13.7 Å². The molecule has 0 aliphatic heterocycles. The molecule has 0 radical (unpaired) electrons. The third kappa shape index (κ3) is 5.01. The highest BCUT2D eigenvalue weighted by atomic mass is 16.5. The topological polar surface area (TPSA) is 30.5 Å². The molecule has 0 saturated heterocycles. The number of hydrogen-bond donors (Lipinski definition) is 1. The van der Waals surface area contributed by atoms with E-state index in [1.54, 1.807) is 7.11 Å². The average molecular weight is 333 g/mol. The highest BCUT2D eigenvalue weighted by Crippen LogP contribution is 2.21. The number of ether oxygens (including phenoxy) is 2. The van der Waals surface area contributed by atoms with Gasteiger partial charge in [0.1, 0.15) is 11.5 Å². The van der Waals surface area contributed by atoms with E-state index in [2.05, 4.69) is 35.6 Å². The molecule has 0 aromatic heterocycles. The Morgan fingerprint density at radius 3 is 2.28 bits per heavy atom. The molecule has 3 aromatic rings. The van der Waals surface area contributed by atoms with Gasteiger partial charge in [-0.2, -0.15) is 0 Å². The molecule has 0 unspecified atom stereocenters. The number of benzene rings is 3. The highest BCUT2D eigenvalue weighted by molar-refractivity contribution is 5.47. The highest BCUT2D eigenvalue weighted by Gasteiger charge is 2.03. The monoisotopic (exact) mass is 333 g/mol. The predicted octanol–water partition coefficient (Wildman–Crippen LogP) is 4.93. The van der Waals surface area contributed by atoms with Gasteiger partial charge in [-0.25, -0.2) is 0 Å². The molecule has 3 nitrogen and oxygen atoms in total. The maximum absolute atomic E-state index is 6.01. The van der Waals surface area contributed by atoms with Gasteiger partial charge in [-0.3, -0.25) is 0 Å². The molecule has 25 heavy (non-hydrogen) atoms. The first-order chi connectivity index (χ1) is 12.3. The van der Waals surface area contributed by atoms with E-state index in [1.165, 1.54) is 5.56 Å². The smallest absolute Gasteiger partial charge is 0.124 e. The third-order valence-electron chi connectivity index (χ3n) is 4.04. The second kappa shape index (κ2) is 8.78. The van der Waals surface area contributed by atoms with E-state index in [0.717, 1.165) is 29.2 Å². The number of methoxy groups -OCH3 is 1. The van der Waals surface area contributed by atoms with Crippen LogP contribution in [0.1, 0.15) is 11.1 Å². The summed E-state index contributed by atoms with van der Waals surface area (Å²) in [6.45, 7) is 1.39. The van der Waals surface area contributed by atoms with Crippen molar-refractivity contribution in [3.05, 3.63) is 90.0 Å². The van der Waals surface area contributed by atoms with E-state index in [1.807, 2.05) is 48.5 Å². The Morgan fingerprint density at radius 2 is 1.52 bits per heavy atom. The van der Waals surface area contributed by atoms with E-state index in [4.69, 9.17) is 9.47 Å². The van der Waals surface area contributed by atoms with Crippen molar-refractivity contribution in [1.29, 1.82) is 0 Å². The first kappa shape index (κ1) is 16.9. The molecule has 0 heterocycles. The third-order valence-corrected chi connectivity index (χ3v) is 4.04. The first-order valence-corrected chi connectivity index (χ1v) is 8.48. The van der Waals surface area contributed by atoms with Crippen molar-refractivity contribution in [3.8, 4) is 11.5 Å². The van der Waals surface area contributed by atoms with E-state index >= 15 is 0 Å². The van der Waals surface area contributed by atoms with Crippen LogP contribution in [-0.4, -0.2) is 13.7 Å². The zero-order chi connectivity index (χ0) is 17.3. The number of para-hydroxylation sites is 1. The van der Waals surface area contributed by atoms with Gasteiger partial charge < -0.3 is 14.8 Å². The molecule has 3 heteroatoms. The normalized spacial score (nSPS) is 10.3. The molecule has 0 spiro atoms. The molecule has 0 fully saturated rings. The average Bonchev–Trinajstić information content (AvgIpc) is 2.68. The van der Waals surface area contributed by atoms with Crippen LogP contribution >= 0.6 is 0 Å². The minimum Gasteiger partial charge on any atom is -0.497 e. The fourth-order valence-electron chi connectivity index (χ4n) is 2.62. The maximum atomic E-state index is 6.01. The quantitative estimate of drug-likeness (QED) is 0.634. The van der Waals surface area contributed by atoms with E-state index in [9.17, 15) is 0 Å². The summed E-state index contributed by atoms with van der Waals surface area (Å²) < 4.78 is 11.2. The molecular formula is C22H23NO2. The van der Waals surface area contributed by atoms with Crippen molar-refractivity contribution in [2.24, 2.45) is 0 Å². The molecule has 1 N–H and O–H groups in total. The van der Waals surface area contributed by atoms with Gasteiger partial charge >= 0.3 is 0 Å². The number of hydrogen-bond acceptors (Lipinski definition) is 3. The van der Waals surface area contributed by atoms with E-state index in [-0.39, 0.29) is 0 Å². The Labute approximate surface area is 149 Å². The van der Waals surface area contributed by atoms with Crippen LogP contribution in [0.25, 0.3) is 0 Å². The van der Waals surface area contributed by atoms with Crippen LogP contribution in [0, 0.1) is 0 Å². The molecule has 3 rings (SSSR count). The predicted molar refractivity (Wildman–Crippen MR) is 102 cm³/mol. The van der Waals surface area contributed by atoms with Crippen LogP contribution in [0.4, 0.5) is 5.69 Å². The molecule has 128 valence electrons. The summed E-state index contributed by atoms with van der Waals surface area (Å²) >= 11 is 0. The molecule has 0 aliphatic rings. The lowest BCUT2D eigenvalue weighted by molar-refractivity contribution is 0.319. The summed E-state index contributed by atoms with van der Waals surface area (Å²) in [5.74, 6) is 1.79. The fraction of sp³-hybridized carbons (Fsp3) is 0.182. The van der Waals surface area contributed by atoms with Gasteiger partial charge in [-0.05, 0) is 35.9 Å². The van der Waals surface area contributed by atoms with Crippen LogP contribution in [0.3, 0.4) is 0 Å². The van der Waals surface area contributed by atoms with Crippen molar-refractivity contribution in [1.82, 2.24) is 0 Å². The summed E-state index contributed by atoms with van der Waals surface area (Å²) in [6.07, 6.45) is 0.904. The Kier molecular flexibility index (Phi) is 5.94. The molecule has 0 aliphatic carbocycles. The summed E-state index contributed by atoms with van der Waals surface area (Å²) in [7, 11) is 1.67. The van der Waals surface area contributed by atoms with Crippen molar-refractivity contribution in [2.45, 2.75) is 13.0 Å². The Morgan fingerprint density at radius 1 is 0.800 bits per heavy atom. The molecule has 0 atom stereocenters. The standard InChI is InChI=1S/C22H23NO2/c1-24-21-13-11-20(12-14-21)23-17-19-9-5-6-10-22(19)25-16-15-18-7-3-2-4-8-18/h2-14,23H,15-17H2,1H3. The summed E-state index contributed by atoms with van der Waals surface area (Å²) in [6, 6.07) is 26.5. The SMILES string of the molecule is COc1ccc(NCc2ccccc2OCCc2ccccc2)cc1. The molecule has 0 bridgehead atoms. The molecule has 0 amide bonds. The lowest BCUT2D eigenvalue weighted by atomic mass is 10.1. The minimum absolute atomic E-state index is 0.670. The second-order valence-electron chi connectivity index (χ2n) is 5.77. The van der Waals surface area contributed by atoms with Crippen molar-refractivity contribution in [3.63, 3.8) is 0 Å². The number of nitrogens with one attached hydrogen (secondary N) is 1. The molecule has 3 aromatic carbocycles. The first-order valence-electron chi connectivity index (χ1n) is 8.48. The lowest BCUT2D eigenvalue weighted by Gasteiger charge is -2.13. The van der Waals surface area contributed by atoms with E-state index in [0.29, 0.717) is 13.2 Å². The van der Waals surface area contributed by atoms with Crippen LogP contribution < -0.4 is 14.8 Å². The van der Waals surface area contributed by atoms with Gasteiger partial charge in [-0.1, -0.05) is 48.5 Å². The number of anilines is 1. The lowest BCUT2D eigenvalue weighted by Crippen LogP contribution is -2.06. The molecular weight excluding hydrogens is 310 g/mol. The Bertz CT molecular complexity index is 770. The van der Waals surface area contributed by atoms with Crippen molar-refractivity contribution in [2.75, 3.05) is 19.0 Å². The van der Waals surface area contributed by atoms with Gasteiger partial charge in [-0.15, -0.1) is 0 Å². The summed E-state index contributed by atoms with van der Waals surface area (Å²) in [5.41, 5.74) is 3.49. The van der Waals surface area contributed by atoms with Gasteiger partial charge in [0.2, 0.25) is 0 Å². The van der Waals surface area contributed by atoms with Crippen LogP contribution in [-0.2, 0) is 13.0 Å². The fourth-order valence-corrected chi connectivity index (χ4v) is 2.62. The maximum Gasteiger partial charge on any atom is 0.124 e. The van der Waals surface area contributed by atoms with Gasteiger partial charge in [0.25, 0.3) is 0 Å². The van der Waals surface area contributed by atoms with Gasteiger partial charge in [0, 0.05) is 24.2 Å². The summed E-state index contributed by atoms with van der Waals surface area (Å²) in [5, 5.41) is 3.43. The van der Waals surface area contributed by atoms with E-state index < -0.39 is 0 Å². The van der Waals surface area contributed by atoms with Crippen LogP contribution in [0.15, 0.2) is 78.9 Å². The van der Waals surface area contributed by atoms with Crippen molar-refractivity contribution >= 4 is 5.69 Å². The Hall–Kier alpha value is -2.94.